The number of hydrogen-bond acceptors (Lipinski definition) is 4. The molecule has 1 aliphatic heterocycles. The van der Waals surface area contributed by atoms with Crippen LogP contribution in [0, 0.1) is 0 Å². The lowest BCUT2D eigenvalue weighted by molar-refractivity contribution is 0.220. The molecule has 1 fully saturated rings. The Morgan fingerprint density at radius 1 is 1.50 bits per heavy atom. The smallest absolute Gasteiger partial charge is 0.133 e. The number of likely N-dealkylation sites (tertiary alicyclic amines) is 1. The first-order valence-corrected chi connectivity index (χ1v) is 7.80. The van der Waals surface area contributed by atoms with Gasteiger partial charge in [-0.15, -0.1) is 0 Å². The van der Waals surface area contributed by atoms with Crippen LogP contribution in [0.5, 0.6) is 5.75 Å². The molecule has 2 rings (SSSR count). The number of benzene rings is 1. The highest BCUT2D eigenvalue weighted by atomic mass is 79.9. The molecule has 1 aliphatic rings. The second kappa shape index (κ2) is 6.89. The van der Waals surface area contributed by atoms with Crippen molar-refractivity contribution in [2.24, 2.45) is 5.73 Å². The summed E-state index contributed by atoms with van der Waals surface area (Å²) in [5.74, 6) is 0.858. The van der Waals surface area contributed by atoms with Crippen LogP contribution in [0.3, 0.4) is 0 Å². The molecule has 5 heteroatoms. The molecule has 1 saturated heterocycles. The van der Waals surface area contributed by atoms with E-state index < -0.39 is 0 Å². The molecule has 112 valence electrons. The highest BCUT2D eigenvalue weighted by molar-refractivity contribution is 9.10. The van der Waals surface area contributed by atoms with E-state index in [9.17, 15) is 0 Å². The maximum absolute atomic E-state index is 6.02. The number of nitrogens with two attached hydrogens (primary N) is 1. The highest BCUT2D eigenvalue weighted by Crippen LogP contribution is 2.31. The highest BCUT2D eigenvalue weighted by Gasteiger charge is 2.29. The van der Waals surface area contributed by atoms with Gasteiger partial charge in [0.2, 0.25) is 0 Å². The molecule has 1 aromatic rings. The number of nitrogens with zero attached hydrogens (tertiary/aromatic N) is 2. The Morgan fingerprint density at radius 2 is 2.25 bits per heavy atom. The number of halogens is 1. The predicted molar refractivity (Wildman–Crippen MR) is 86.2 cm³/mol. The molecule has 1 aromatic carbocycles. The molecule has 0 amide bonds. The van der Waals surface area contributed by atoms with Crippen LogP contribution in [0.1, 0.15) is 18.0 Å². The summed E-state index contributed by atoms with van der Waals surface area (Å²) >= 11 is 3.56. The number of hydrogen-bond donors (Lipinski definition) is 1. The quantitative estimate of drug-likeness (QED) is 0.890. The first kappa shape index (κ1) is 15.8. The van der Waals surface area contributed by atoms with Crippen molar-refractivity contribution in [1.29, 1.82) is 0 Å². The van der Waals surface area contributed by atoms with Gasteiger partial charge in [0, 0.05) is 31.7 Å². The molecule has 2 atom stereocenters. The molecular weight excluding hydrogens is 318 g/mol. The largest absolute Gasteiger partial charge is 0.496 e. The third-order valence-corrected chi connectivity index (χ3v) is 4.77. The Hall–Kier alpha value is -0.620. The normalized spacial score (nSPS) is 21.4. The third kappa shape index (κ3) is 3.34. The van der Waals surface area contributed by atoms with Gasteiger partial charge in [0.25, 0.3) is 0 Å². The summed E-state index contributed by atoms with van der Waals surface area (Å²) in [4.78, 5) is 4.79. The van der Waals surface area contributed by atoms with E-state index in [1.165, 1.54) is 12.0 Å². The number of rotatable bonds is 5. The molecule has 20 heavy (non-hydrogen) atoms. The molecule has 0 saturated carbocycles. The first-order chi connectivity index (χ1) is 9.56. The number of methoxy groups -OCH3 is 1. The zero-order valence-corrected chi connectivity index (χ0v) is 14.1. The van der Waals surface area contributed by atoms with E-state index in [0.29, 0.717) is 12.6 Å². The van der Waals surface area contributed by atoms with Crippen LogP contribution in [0.15, 0.2) is 22.7 Å². The molecule has 0 spiro atoms. The van der Waals surface area contributed by atoms with Gasteiger partial charge in [-0.2, -0.15) is 0 Å². The van der Waals surface area contributed by atoms with Crippen LogP contribution in [0.4, 0.5) is 0 Å². The van der Waals surface area contributed by atoms with Gasteiger partial charge < -0.3 is 15.4 Å². The maximum Gasteiger partial charge on any atom is 0.133 e. The Kier molecular flexibility index (Phi) is 5.43. The fourth-order valence-corrected chi connectivity index (χ4v) is 3.42. The van der Waals surface area contributed by atoms with Crippen molar-refractivity contribution >= 4 is 15.9 Å². The summed E-state index contributed by atoms with van der Waals surface area (Å²) in [5.41, 5.74) is 7.27. The van der Waals surface area contributed by atoms with Crippen LogP contribution in [0.2, 0.25) is 0 Å². The molecule has 4 nitrogen and oxygen atoms in total. The van der Waals surface area contributed by atoms with Gasteiger partial charge in [-0.1, -0.05) is 6.07 Å². The van der Waals surface area contributed by atoms with E-state index in [-0.39, 0.29) is 6.04 Å². The van der Waals surface area contributed by atoms with E-state index in [4.69, 9.17) is 10.5 Å². The summed E-state index contributed by atoms with van der Waals surface area (Å²) in [6.45, 7) is 2.83. The van der Waals surface area contributed by atoms with Crippen molar-refractivity contribution in [3.05, 3.63) is 28.2 Å². The minimum Gasteiger partial charge on any atom is -0.496 e. The molecule has 0 radical (unpaired) electrons. The van der Waals surface area contributed by atoms with E-state index >= 15 is 0 Å². The van der Waals surface area contributed by atoms with Crippen LogP contribution >= 0.6 is 15.9 Å². The monoisotopic (exact) mass is 341 g/mol. The second-order valence-electron chi connectivity index (χ2n) is 5.55. The molecular formula is C15H24BrN3O. The van der Waals surface area contributed by atoms with E-state index in [1.54, 1.807) is 7.11 Å². The molecule has 2 unspecified atom stereocenters. The van der Waals surface area contributed by atoms with E-state index in [2.05, 4.69) is 52.0 Å². The van der Waals surface area contributed by atoms with Crippen molar-refractivity contribution in [2.45, 2.75) is 18.5 Å². The van der Waals surface area contributed by atoms with E-state index in [1.807, 2.05) is 6.07 Å². The fraction of sp³-hybridized carbons (Fsp3) is 0.600. The van der Waals surface area contributed by atoms with Crippen molar-refractivity contribution < 1.29 is 4.74 Å². The predicted octanol–water partition coefficient (Wildman–Crippen LogP) is 2.09. The second-order valence-corrected chi connectivity index (χ2v) is 6.40. The van der Waals surface area contributed by atoms with Crippen molar-refractivity contribution in [2.75, 3.05) is 40.8 Å². The Balaban J connectivity index is 2.14. The van der Waals surface area contributed by atoms with Crippen LogP contribution in [-0.2, 0) is 0 Å². The van der Waals surface area contributed by atoms with Crippen LogP contribution in [-0.4, -0.2) is 56.7 Å². The standard InChI is InChI=1S/C15H24BrN3O/c1-18(2)12-6-7-19(10-12)14(9-17)11-4-5-15(20-3)13(16)8-11/h4-5,8,12,14H,6-7,9-10,17H2,1-3H3. The topological polar surface area (TPSA) is 41.7 Å². The zero-order valence-electron chi connectivity index (χ0n) is 12.5. The molecule has 2 N–H and O–H groups in total. The summed E-state index contributed by atoms with van der Waals surface area (Å²) < 4.78 is 6.27. The zero-order chi connectivity index (χ0) is 14.7. The molecule has 1 heterocycles. The van der Waals surface area contributed by atoms with Gasteiger partial charge in [-0.25, -0.2) is 0 Å². The van der Waals surface area contributed by atoms with Crippen molar-refractivity contribution in [3.8, 4) is 5.75 Å². The lowest BCUT2D eigenvalue weighted by Crippen LogP contribution is -2.36. The first-order valence-electron chi connectivity index (χ1n) is 7.00. The minimum atomic E-state index is 0.280. The summed E-state index contributed by atoms with van der Waals surface area (Å²) in [7, 11) is 5.98. The van der Waals surface area contributed by atoms with Crippen LogP contribution in [0.25, 0.3) is 0 Å². The SMILES string of the molecule is COc1ccc(C(CN)N2CCC(N(C)C)C2)cc1Br. The van der Waals surface area contributed by atoms with Gasteiger partial charge in [-0.05, 0) is 54.1 Å². The maximum atomic E-state index is 6.02. The van der Waals surface area contributed by atoms with Crippen molar-refractivity contribution in [1.82, 2.24) is 9.80 Å². The summed E-state index contributed by atoms with van der Waals surface area (Å²) in [6, 6.07) is 7.15. The third-order valence-electron chi connectivity index (χ3n) is 4.15. The van der Waals surface area contributed by atoms with Gasteiger partial charge in [0.05, 0.1) is 11.6 Å². The Labute approximate surface area is 130 Å². The van der Waals surface area contributed by atoms with Crippen LogP contribution < -0.4 is 10.5 Å². The lowest BCUT2D eigenvalue weighted by Gasteiger charge is -2.28. The average molecular weight is 342 g/mol. The number of ether oxygens (including phenoxy) is 1. The Bertz CT molecular complexity index is 453. The molecule has 0 aromatic heterocycles. The van der Waals surface area contributed by atoms with Gasteiger partial charge in [0.1, 0.15) is 5.75 Å². The van der Waals surface area contributed by atoms with Gasteiger partial charge in [-0.3, -0.25) is 4.90 Å². The van der Waals surface area contributed by atoms with E-state index in [0.717, 1.165) is 23.3 Å². The average Bonchev–Trinajstić information content (AvgIpc) is 2.89. The number of likely N-dealkylation sites (N-methyl/N-ethyl adjacent to an activating group) is 1. The molecule has 0 aliphatic carbocycles. The fourth-order valence-electron chi connectivity index (χ4n) is 2.86. The summed E-state index contributed by atoms with van der Waals surface area (Å²) in [6.07, 6.45) is 1.21. The lowest BCUT2D eigenvalue weighted by atomic mass is 10.1. The molecule has 0 bridgehead atoms. The minimum absolute atomic E-state index is 0.280. The van der Waals surface area contributed by atoms with Gasteiger partial charge >= 0.3 is 0 Å². The van der Waals surface area contributed by atoms with Crippen molar-refractivity contribution in [3.63, 3.8) is 0 Å². The Morgan fingerprint density at radius 3 is 2.75 bits per heavy atom. The van der Waals surface area contributed by atoms with Gasteiger partial charge in [0.15, 0.2) is 0 Å². The summed E-state index contributed by atoms with van der Waals surface area (Å²) in [5, 5.41) is 0.